The Morgan fingerprint density at radius 2 is 2.00 bits per heavy atom. The van der Waals surface area contributed by atoms with E-state index in [1.54, 1.807) is 0 Å². The predicted molar refractivity (Wildman–Crippen MR) is 92.0 cm³/mol. The molecule has 132 valence electrons. The number of anilines is 1. The van der Waals surface area contributed by atoms with Crippen molar-refractivity contribution in [1.82, 2.24) is 20.0 Å². The first kappa shape index (κ1) is 17.1. The molecule has 1 aromatic rings. The Morgan fingerprint density at radius 1 is 1.25 bits per heavy atom. The molecule has 0 N–H and O–H groups in total. The minimum atomic E-state index is -0.200. The van der Waals surface area contributed by atoms with Crippen molar-refractivity contribution in [1.29, 1.82) is 0 Å². The molecule has 0 radical (unpaired) electrons. The van der Waals surface area contributed by atoms with Crippen LogP contribution in [0.1, 0.15) is 18.5 Å². The number of morpholine rings is 1. The number of likely N-dealkylation sites (N-methyl/N-ethyl adjacent to an activating group) is 1. The van der Waals surface area contributed by atoms with Crippen LogP contribution in [0.4, 0.5) is 5.82 Å². The number of piperidine rings is 1. The zero-order valence-electron chi connectivity index (χ0n) is 14.9. The number of aromatic nitrogens is 2. The van der Waals surface area contributed by atoms with E-state index in [1.165, 1.54) is 0 Å². The Bertz CT molecular complexity index is 567. The highest BCUT2D eigenvalue weighted by atomic mass is 16.5. The van der Waals surface area contributed by atoms with E-state index in [9.17, 15) is 4.79 Å². The van der Waals surface area contributed by atoms with Crippen molar-refractivity contribution in [2.45, 2.75) is 25.4 Å². The van der Waals surface area contributed by atoms with E-state index in [2.05, 4.69) is 20.0 Å². The second kappa shape index (κ2) is 7.03. The van der Waals surface area contributed by atoms with Gasteiger partial charge in [0.05, 0.1) is 11.3 Å². The number of hydrogen-bond donors (Lipinski definition) is 0. The SMILES string of the molecule is Cc1ccc(N2CCC3(CC2)CN(CCN(C)C)C(=O)CO3)nn1. The Balaban J connectivity index is 1.59. The molecule has 3 rings (SSSR count). The summed E-state index contributed by atoms with van der Waals surface area (Å²) in [6, 6.07) is 4.01. The number of nitrogens with zero attached hydrogens (tertiary/aromatic N) is 5. The number of rotatable bonds is 4. The maximum absolute atomic E-state index is 12.1. The van der Waals surface area contributed by atoms with Crippen molar-refractivity contribution in [2.24, 2.45) is 0 Å². The molecule has 1 aromatic heterocycles. The van der Waals surface area contributed by atoms with Crippen LogP contribution in [0.15, 0.2) is 12.1 Å². The molecule has 1 spiro atoms. The van der Waals surface area contributed by atoms with Gasteiger partial charge in [-0.1, -0.05) is 0 Å². The van der Waals surface area contributed by atoms with Gasteiger partial charge < -0.3 is 19.4 Å². The van der Waals surface area contributed by atoms with Crippen LogP contribution in [-0.2, 0) is 9.53 Å². The molecular weight excluding hydrogens is 306 g/mol. The third-order valence-electron chi connectivity index (χ3n) is 4.93. The summed E-state index contributed by atoms with van der Waals surface area (Å²) in [5.74, 6) is 1.03. The molecule has 3 heterocycles. The summed E-state index contributed by atoms with van der Waals surface area (Å²) in [4.78, 5) is 18.4. The molecule has 2 fully saturated rings. The summed E-state index contributed by atoms with van der Waals surface area (Å²) in [6.07, 6.45) is 1.82. The van der Waals surface area contributed by atoms with Gasteiger partial charge in [0.15, 0.2) is 5.82 Å². The molecular formula is C17H27N5O2. The zero-order valence-corrected chi connectivity index (χ0v) is 14.9. The molecule has 24 heavy (non-hydrogen) atoms. The normalized spacial score (nSPS) is 20.9. The van der Waals surface area contributed by atoms with Crippen molar-refractivity contribution in [2.75, 3.05) is 58.3 Å². The van der Waals surface area contributed by atoms with Crippen LogP contribution in [0.2, 0.25) is 0 Å². The number of amides is 1. The van der Waals surface area contributed by atoms with Gasteiger partial charge in [0.25, 0.3) is 0 Å². The largest absolute Gasteiger partial charge is 0.363 e. The molecule has 2 saturated heterocycles. The van der Waals surface area contributed by atoms with Gasteiger partial charge in [0, 0.05) is 32.7 Å². The van der Waals surface area contributed by atoms with E-state index in [4.69, 9.17) is 4.74 Å². The van der Waals surface area contributed by atoms with E-state index in [1.807, 2.05) is 38.1 Å². The number of carbonyl (C=O) groups excluding carboxylic acids is 1. The number of ether oxygens (including phenoxy) is 1. The summed E-state index contributed by atoms with van der Waals surface area (Å²) in [6.45, 7) is 6.26. The average Bonchev–Trinajstić information content (AvgIpc) is 2.57. The first-order valence-corrected chi connectivity index (χ1v) is 8.59. The number of hydrogen-bond acceptors (Lipinski definition) is 6. The maximum Gasteiger partial charge on any atom is 0.248 e. The highest BCUT2D eigenvalue weighted by Gasteiger charge is 2.42. The molecule has 0 atom stereocenters. The van der Waals surface area contributed by atoms with E-state index in [0.29, 0.717) is 6.54 Å². The Morgan fingerprint density at radius 3 is 2.62 bits per heavy atom. The molecule has 0 bridgehead atoms. The fraction of sp³-hybridized carbons (Fsp3) is 0.706. The summed E-state index contributed by atoms with van der Waals surface area (Å²) in [5.41, 5.74) is 0.729. The van der Waals surface area contributed by atoms with Crippen LogP contribution < -0.4 is 4.90 Å². The molecule has 2 aliphatic rings. The van der Waals surface area contributed by atoms with Crippen LogP contribution in [0, 0.1) is 6.92 Å². The van der Waals surface area contributed by atoms with E-state index < -0.39 is 0 Å². The van der Waals surface area contributed by atoms with E-state index in [0.717, 1.165) is 50.5 Å². The molecule has 2 aliphatic heterocycles. The summed E-state index contributed by atoms with van der Waals surface area (Å²) in [7, 11) is 4.06. The van der Waals surface area contributed by atoms with Crippen molar-refractivity contribution < 1.29 is 9.53 Å². The van der Waals surface area contributed by atoms with Gasteiger partial charge in [-0.3, -0.25) is 4.79 Å². The highest BCUT2D eigenvalue weighted by Crippen LogP contribution is 2.31. The first-order valence-electron chi connectivity index (χ1n) is 8.59. The fourth-order valence-electron chi connectivity index (χ4n) is 3.32. The van der Waals surface area contributed by atoms with Gasteiger partial charge in [-0.25, -0.2) is 0 Å². The Kier molecular flexibility index (Phi) is 5.01. The second-order valence-electron chi connectivity index (χ2n) is 7.11. The number of carbonyl (C=O) groups is 1. The monoisotopic (exact) mass is 333 g/mol. The summed E-state index contributed by atoms with van der Waals surface area (Å²) in [5, 5.41) is 8.42. The van der Waals surface area contributed by atoms with Crippen molar-refractivity contribution in [3.63, 3.8) is 0 Å². The van der Waals surface area contributed by atoms with Crippen LogP contribution in [-0.4, -0.2) is 84.9 Å². The highest BCUT2D eigenvalue weighted by molar-refractivity contribution is 5.78. The molecule has 0 aromatic carbocycles. The maximum atomic E-state index is 12.1. The molecule has 7 heteroatoms. The molecule has 0 saturated carbocycles. The van der Waals surface area contributed by atoms with Crippen molar-refractivity contribution in [3.8, 4) is 0 Å². The molecule has 1 amide bonds. The van der Waals surface area contributed by atoms with Crippen LogP contribution in [0.25, 0.3) is 0 Å². The van der Waals surface area contributed by atoms with Crippen molar-refractivity contribution >= 4 is 11.7 Å². The lowest BCUT2D eigenvalue weighted by Gasteiger charge is -2.47. The molecule has 0 aliphatic carbocycles. The lowest BCUT2D eigenvalue weighted by Crippen LogP contribution is -2.59. The minimum Gasteiger partial charge on any atom is -0.363 e. The first-order chi connectivity index (χ1) is 11.5. The lowest BCUT2D eigenvalue weighted by molar-refractivity contribution is -0.167. The van der Waals surface area contributed by atoms with Gasteiger partial charge in [-0.15, -0.1) is 5.10 Å². The fourth-order valence-corrected chi connectivity index (χ4v) is 3.32. The van der Waals surface area contributed by atoms with Gasteiger partial charge in [0.2, 0.25) is 5.91 Å². The topological polar surface area (TPSA) is 61.8 Å². The van der Waals surface area contributed by atoms with Gasteiger partial charge in [-0.05, 0) is 46.0 Å². The van der Waals surface area contributed by atoms with Crippen molar-refractivity contribution in [3.05, 3.63) is 17.8 Å². The van der Waals surface area contributed by atoms with Gasteiger partial charge in [-0.2, -0.15) is 5.10 Å². The lowest BCUT2D eigenvalue weighted by atomic mass is 9.89. The van der Waals surface area contributed by atoms with Crippen LogP contribution >= 0.6 is 0 Å². The smallest absolute Gasteiger partial charge is 0.248 e. The quantitative estimate of drug-likeness (QED) is 0.802. The molecule has 7 nitrogen and oxygen atoms in total. The minimum absolute atomic E-state index is 0.106. The summed E-state index contributed by atoms with van der Waals surface area (Å²) >= 11 is 0. The second-order valence-corrected chi connectivity index (χ2v) is 7.11. The summed E-state index contributed by atoms with van der Waals surface area (Å²) < 4.78 is 5.99. The standard InChI is InChI=1S/C17H27N5O2/c1-14-4-5-15(19-18-14)21-8-6-17(7-9-21)13-22(11-10-20(2)3)16(23)12-24-17/h4-5H,6-13H2,1-3H3. The van der Waals surface area contributed by atoms with E-state index >= 15 is 0 Å². The van der Waals surface area contributed by atoms with Gasteiger partial charge in [0.1, 0.15) is 6.61 Å². The predicted octanol–water partition coefficient (Wildman–Crippen LogP) is 0.544. The third kappa shape index (κ3) is 3.84. The Labute approximate surface area is 143 Å². The molecule has 0 unspecified atom stereocenters. The third-order valence-corrected chi connectivity index (χ3v) is 4.93. The van der Waals surface area contributed by atoms with Crippen LogP contribution in [0.3, 0.4) is 0 Å². The zero-order chi connectivity index (χ0) is 17.2. The van der Waals surface area contributed by atoms with E-state index in [-0.39, 0.29) is 18.1 Å². The van der Waals surface area contributed by atoms with Gasteiger partial charge >= 0.3 is 0 Å². The number of aryl methyl sites for hydroxylation is 1. The Hall–Kier alpha value is -1.73. The van der Waals surface area contributed by atoms with Crippen LogP contribution in [0.5, 0.6) is 0 Å². The average molecular weight is 333 g/mol.